The van der Waals surface area contributed by atoms with E-state index in [1.807, 2.05) is 35.9 Å². The number of aryl methyl sites for hydroxylation is 2. The number of rotatable bonds is 4. The predicted molar refractivity (Wildman–Crippen MR) is 123 cm³/mol. The number of fused-ring (bicyclic) bond motifs is 2. The molecule has 0 radical (unpaired) electrons. The van der Waals surface area contributed by atoms with Crippen molar-refractivity contribution in [1.82, 2.24) is 14.5 Å². The third-order valence-electron chi connectivity index (χ3n) is 6.23. The van der Waals surface area contributed by atoms with Crippen LogP contribution in [-0.4, -0.2) is 37.0 Å². The smallest absolute Gasteiger partial charge is 0.142 e. The highest BCUT2D eigenvalue weighted by Gasteiger charge is 2.35. The van der Waals surface area contributed by atoms with E-state index in [2.05, 4.69) is 9.97 Å². The Morgan fingerprint density at radius 2 is 1.97 bits per heavy atom. The first kappa shape index (κ1) is 20.9. The first-order valence-electron chi connectivity index (χ1n) is 10.4. The third kappa shape index (κ3) is 3.43. The van der Waals surface area contributed by atoms with Crippen LogP contribution in [0.15, 0.2) is 54.4 Å². The minimum Gasteiger partial charge on any atom is -0.388 e. The van der Waals surface area contributed by atoms with Crippen LogP contribution >= 0.6 is 11.6 Å². The first-order chi connectivity index (χ1) is 15.3. The van der Waals surface area contributed by atoms with Crippen molar-refractivity contribution in [3.63, 3.8) is 0 Å². The van der Waals surface area contributed by atoms with Gasteiger partial charge in [-0.2, -0.15) is 0 Å². The number of aliphatic hydroxyl groups is 2. The fourth-order valence-corrected chi connectivity index (χ4v) is 4.65. The summed E-state index contributed by atoms with van der Waals surface area (Å²) >= 11 is 5.96. The van der Waals surface area contributed by atoms with Crippen molar-refractivity contribution in [2.45, 2.75) is 38.0 Å². The van der Waals surface area contributed by atoms with E-state index in [0.29, 0.717) is 23.7 Å². The van der Waals surface area contributed by atoms with Crippen LogP contribution in [-0.2, 0) is 6.42 Å². The van der Waals surface area contributed by atoms with Gasteiger partial charge in [-0.1, -0.05) is 17.7 Å². The van der Waals surface area contributed by atoms with E-state index in [0.717, 1.165) is 27.7 Å². The second-order valence-corrected chi connectivity index (χ2v) is 8.63. The van der Waals surface area contributed by atoms with Gasteiger partial charge in [0.1, 0.15) is 23.8 Å². The summed E-state index contributed by atoms with van der Waals surface area (Å²) in [5.41, 5.74) is 9.50. The van der Waals surface area contributed by atoms with Gasteiger partial charge in [-0.25, -0.2) is 9.37 Å². The second-order valence-electron chi connectivity index (χ2n) is 8.22. The monoisotopic (exact) mass is 452 g/mol. The van der Waals surface area contributed by atoms with Gasteiger partial charge < -0.3 is 20.5 Å². The molecule has 1 aliphatic rings. The van der Waals surface area contributed by atoms with Crippen molar-refractivity contribution >= 4 is 39.2 Å². The molecule has 8 heteroatoms. The number of benzene rings is 1. The number of pyridine rings is 2. The van der Waals surface area contributed by atoms with Crippen molar-refractivity contribution in [1.29, 1.82) is 0 Å². The average molecular weight is 453 g/mol. The number of aliphatic hydroxyl groups excluding tert-OH is 2. The van der Waals surface area contributed by atoms with Gasteiger partial charge in [0.15, 0.2) is 0 Å². The average Bonchev–Trinajstić information content (AvgIpc) is 3.31. The summed E-state index contributed by atoms with van der Waals surface area (Å²) in [6.45, 7) is 1.94. The minimum atomic E-state index is -0.988. The molecule has 5 rings (SSSR count). The molecule has 0 amide bonds. The molecular formula is C24H22ClFN4O2. The predicted octanol–water partition coefficient (Wildman–Crippen LogP) is 4.10. The molecule has 3 heterocycles. The van der Waals surface area contributed by atoms with Crippen LogP contribution in [0, 0.1) is 12.7 Å². The fraction of sp³-hybridized carbons (Fsp3) is 0.250. The van der Waals surface area contributed by atoms with Crippen LogP contribution in [0.4, 0.5) is 10.2 Å². The van der Waals surface area contributed by atoms with Gasteiger partial charge in [-0.15, -0.1) is 0 Å². The highest BCUT2D eigenvalue weighted by Crippen LogP contribution is 2.35. The normalized spacial score (nSPS) is 20.9. The van der Waals surface area contributed by atoms with Crippen molar-refractivity contribution in [2.24, 2.45) is 0 Å². The lowest BCUT2D eigenvalue weighted by Gasteiger charge is -2.20. The topological polar surface area (TPSA) is 97.2 Å². The molecule has 0 aliphatic heterocycles. The van der Waals surface area contributed by atoms with Crippen LogP contribution in [0.3, 0.4) is 0 Å². The quantitative estimate of drug-likeness (QED) is 0.405. The molecule has 3 aromatic heterocycles. The molecule has 1 aliphatic carbocycles. The Hall–Kier alpha value is -3.00. The van der Waals surface area contributed by atoms with Gasteiger partial charge in [0.05, 0.1) is 22.1 Å². The van der Waals surface area contributed by atoms with Crippen LogP contribution in [0.1, 0.15) is 23.7 Å². The SMILES string of the molecule is Cc1nccc2c1ccn2[C@H]1C=C(CCc2cc(F)c3cc(Cl)c(N)nc3c2)[C@H](O)[C@H]1O. The van der Waals surface area contributed by atoms with Crippen molar-refractivity contribution in [3.8, 4) is 0 Å². The number of nitrogens with two attached hydrogens (primary N) is 1. The van der Waals surface area contributed by atoms with E-state index >= 15 is 0 Å². The second kappa shape index (κ2) is 7.85. The first-order valence-corrected chi connectivity index (χ1v) is 10.7. The summed E-state index contributed by atoms with van der Waals surface area (Å²) in [5, 5.41) is 22.9. The lowest BCUT2D eigenvalue weighted by atomic mass is 10.0. The van der Waals surface area contributed by atoms with Crippen molar-refractivity contribution in [3.05, 3.63) is 76.5 Å². The molecule has 0 saturated heterocycles. The maximum Gasteiger partial charge on any atom is 0.142 e. The zero-order valence-corrected chi connectivity index (χ0v) is 18.1. The summed E-state index contributed by atoms with van der Waals surface area (Å²) in [6, 6.07) is 8.16. The Bertz CT molecular complexity index is 1380. The highest BCUT2D eigenvalue weighted by molar-refractivity contribution is 6.33. The number of hydrogen-bond acceptors (Lipinski definition) is 5. The maximum absolute atomic E-state index is 14.6. The van der Waals surface area contributed by atoms with Gasteiger partial charge in [-0.3, -0.25) is 4.98 Å². The molecule has 1 aromatic carbocycles. The summed E-state index contributed by atoms with van der Waals surface area (Å²) in [7, 11) is 0. The van der Waals surface area contributed by atoms with Crippen molar-refractivity contribution in [2.75, 3.05) is 5.73 Å². The molecule has 4 N–H and O–H groups in total. The third-order valence-corrected chi connectivity index (χ3v) is 6.53. The van der Waals surface area contributed by atoms with Gasteiger partial charge in [0.2, 0.25) is 0 Å². The van der Waals surface area contributed by atoms with Crippen LogP contribution in [0.2, 0.25) is 5.02 Å². The molecule has 6 nitrogen and oxygen atoms in total. The Morgan fingerprint density at radius 1 is 1.16 bits per heavy atom. The van der Waals surface area contributed by atoms with Gasteiger partial charge >= 0.3 is 0 Å². The summed E-state index contributed by atoms with van der Waals surface area (Å²) in [5.74, 6) is -0.270. The number of nitrogens with zero attached hydrogens (tertiary/aromatic N) is 3. The number of anilines is 1. The number of hydrogen-bond donors (Lipinski definition) is 3. The minimum absolute atomic E-state index is 0.153. The maximum atomic E-state index is 14.6. The van der Waals surface area contributed by atoms with Gasteiger partial charge in [0, 0.05) is 28.9 Å². The van der Waals surface area contributed by atoms with Crippen LogP contribution in [0.5, 0.6) is 0 Å². The summed E-state index contributed by atoms with van der Waals surface area (Å²) in [4.78, 5) is 8.49. The largest absolute Gasteiger partial charge is 0.388 e. The molecule has 4 aromatic rings. The molecule has 0 bridgehead atoms. The van der Waals surface area contributed by atoms with E-state index < -0.39 is 24.1 Å². The fourth-order valence-electron chi connectivity index (χ4n) is 4.50. The van der Waals surface area contributed by atoms with Gasteiger partial charge in [0.25, 0.3) is 0 Å². The Kier molecular flexibility index (Phi) is 5.12. The zero-order valence-electron chi connectivity index (χ0n) is 17.3. The van der Waals surface area contributed by atoms with E-state index in [1.54, 1.807) is 12.3 Å². The lowest BCUT2D eigenvalue weighted by molar-refractivity contribution is 0.0318. The number of aromatic nitrogens is 3. The highest BCUT2D eigenvalue weighted by atomic mass is 35.5. The lowest BCUT2D eigenvalue weighted by Crippen LogP contribution is -2.29. The molecule has 3 atom stereocenters. The molecular weight excluding hydrogens is 431 g/mol. The van der Waals surface area contributed by atoms with Crippen LogP contribution in [0.25, 0.3) is 21.8 Å². The number of halogens is 2. The van der Waals surface area contributed by atoms with Gasteiger partial charge in [-0.05, 0) is 61.2 Å². The summed E-state index contributed by atoms with van der Waals surface area (Å²) < 4.78 is 16.5. The van der Waals surface area contributed by atoms with E-state index in [9.17, 15) is 14.6 Å². The molecule has 0 spiro atoms. The number of nitrogen functional groups attached to an aromatic ring is 1. The molecule has 0 saturated carbocycles. The molecule has 164 valence electrons. The Morgan fingerprint density at radius 3 is 2.78 bits per heavy atom. The van der Waals surface area contributed by atoms with E-state index in [1.165, 1.54) is 12.1 Å². The Labute approximate surface area is 188 Å². The molecule has 0 unspecified atom stereocenters. The molecule has 32 heavy (non-hydrogen) atoms. The molecule has 0 fully saturated rings. The Balaban J connectivity index is 1.42. The standard InChI is InChI=1S/C24H22ClFN4O2/c1-12-15-5-7-30(20(15)4-6-28-12)21-10-14(22(31)23(21)32)3-2-13-8-18(26)16-11-17(25)24(27)29-19(16)9-13/h4-11,21-23,31-32H,2-3H2,1H3,(H2,27,29)/t21-,22-,23-/m0/s1. The van der Waals surface area contributed by atoms with Crippen LogP contribution < -0.4 is 5.73 Å². The van der Waals surface area contributed by atoms with E-state index in [4.69, 9.17) is 17.3 Å². The van der Waals surface area contributed by atoms with E-state index in [-0.39, 0.29) is 10.8 Å². The van der Waals surface area contributed by atoms with Crippen molar-refractivity contribution < 1.29 is 14.6 Å². The zero-order chi connectivity index (χ0) is 22.6. The summed E-state index contributed by atoms with van der Waals surface area (Å²) in [6.07, 6.45) is 4.54.